The summed E-state index contributed by atoms with van der Waals surface area (Å²) in [6.07, 6.45) is 2.05. The largest absolute Gasteiger partial charge is 0.383 e. The monoisotopic (exact) mass is 451 g/mol. The number of nitrogens with zero attached hydrogens (tertiary/aromatic N) is 1. The van der Waals surface area contributed by atoms with Crippen molar-refractivity contribution in [3.05, 3.63) is 93.5 Å². The molecule has 3 nitrogen and oxygen atoms in total. The number of aliphatic imine (C=N–C) groups is 1. The third kappa shape index (κ3) is 4.49. The van der Waals surface area contributed by atoms with E-state index >= 15 is 0 Å². The number of nitrogens with one attached hydrogen (secondary N) is 1. The van der Waals surface area contributed by atoms with Crippen LogP contribution in [0.2, 0.25) is 0 Å². The van der Waals surface area contributed by atoms with E-state index in [9.17, 15) is 0 Å². The second-order valence-corrected chi connectivity index (χ2v) is 8.48. The average Bonchev–Trinajstić information content (AvgIpc) is 3.09. The first-order chi connectivity index (χ1) is 13.6. The summed E-state index contributed by atoms with van der Waals surface area (Å²) >= 11 is 8.00. The number of benzene rings is 3. The van der Waals surface area contributed by atoms with Crippen LogP contribution in [-0.2, 0) is 19.4 Å². The van der Waals surface area contributed by atoms with Crippen molar-refractivity contribution < 1.29 is 0 Å². The van der Waals surface area contributed by atoms with Crippen LogP contribution in [0, 0.1) is 0 Å². The van der Waals surface area contributed by atoms with Gasteiger partial charge in [0.05, 0.1) is 5.69 Å². The first-order valence-electron chi connectivity index (χ1n) is 9.30. The molecule has 3 aromatic carbocycles. The lowest BCUT2D eigenvalue weighted by atomic mass is 10.1. The van der Waals surface area contributed by atoms with Gasteiger partial charge in [0.15, 0.2) is 0 Å². The molecule has 0 saturated carbocycles. The number of hydrogen-bond acceptors (Lipinski definition) is 3. The minimum Gasteiger partial charge on any atom is -0.383 e. The molecule has 1 unspecified atom stereocenters. The van der Waals surface area contributed by atoms with Gasteiger partial charge in [-0.2, -0.15) is 0 Å². The van der Waals surface area contributed by atoms with Crippen LogP contribution >= 0.6 is 28.6 Å². The summed E-state index contributed by atoms with van der Waals surface area (Å²) in [6.45, 7) is 0.870. The highest BCUT2D eigenvalue weighted by Gasteiger charge is 2.21. The highest BCUT2D eigenvalue weighted by atomic mass is 79.9. The number of hydrogen-bond donors (Lipinski definition) is 3. The maximum Gasteiger partial charge on any atom is 0.132 e. The van der Waals surface area contributed by atoms with Crippen LogP contribution in [0.1, 0.15) is 22.3 Å². The van der Waals surface area contributed by atoms with Crippen molar-refractivity contribution in [3.63, 3.8) is 0 Å². The second-order valence-electron chi connectivity index (χ2n) is 7.08. The Morgan fingerprint density at radius 1 is 1.04 bits per heavy atom. The predicted molar refractivity (Wildman–Crippen MR) is 123 cm³/mol. The van der Waals surface area contributed by atoms with Crippen LogP contribution in [-0.4, -0.2) is 11.9 Å². The third-order valence-electron chi connectivity index (χ3n) is 5.04. The van der Waals surface area contributed by atoms with Gasteiger partial charge in [-0.15, -0.1) is 12.6 Å². The first kappa shape index (κ1) is 19.2. The number of thiol groups is 1. The van der Waals surface area contributed by atoms with Crippen LogP contribution in [0.15, 0.2) is 81.1 Å². The van der Waals surface area contributed by atoms with Gasteiger partial charge in [-0.3, -0.25) is 0 Å². The Balaban J connectivity index is 1.44. The molecule has 1 aliphatic carbocycles. The Kier molecular flexibility index (Phi) is 5.85. The molecule has 3 aromatic rings. The van der Waals surface area contributed by atoms with E-state index in [2.05, 4.69) is 75.3 Å². The molecule has 0 fully saturated rings. The molecule has 142 valence electrons. The molecular weight excluding hydrogens is 430 g/mol. The maximum atomic E-state index is 6.21. The number of rotatable bonds is 5. The molecule has 1 atom stereocenters. The Morgan fingerprint density at radius 3 is 2.68 bits per heavy atom. The van der Waals surface area contributed by atoms with Crippen molar-refractivity contribution in [2.24, 2.45) is 10.7 Å². The number of fused-ring (bicyclic) bond motifs is 1. The quantitative estimate of drug-likeness (QED) is 0.289. The molecule has 0 aliphatic heterocycles. The van der Waals surface area contributed by atoms with Crippen molar-refractivity contribution in [2.45, 2.75) is 30.3 Å². The van der Waals surface area contributed by atoms with E-state index in [-0.39, 0.29) is 0 Å². The highest BCUT2D eigenvalue weighted by Crippen LogP contribution is 2.27. The molecule has 0 bridgehead atoms. The van der Waals surface area contributed by atoms with Crippen LogP contribution < -0.4 is 11.1 Å². The average molecular weight is 452 g/mol. The topological polar surface area (TPSA) is 50.4 Å². The Bertz CT molecular complexity index is 1030. The molecule has 28 heavy (non-hydrogen) atoms. The highest BCUT2D eigenvalue weighted by molar-refractivity contribution is 9.10. The van der Waals surface area contributed by atoms with E-state index in [0.29, 0.717) is 11.9 Å². The zero-order valence-corrected chi connectivity index (χ0v) is 17.9. The van der Waals surface area contributed by atoms with Gasteiger partial charge in [0.25, 0.3) is 0 Å². The normalized spacial score (nSPS) is 16.2. The van der Waals surface area contributed by atoms with Gasteiger partial charge in [0, 0.05) is 27.5 Å². The van der Waals surface area contributed by atoms with Crippen molar-refractivity contribution in [2.75, 3.05) is 0 Å². The van der Waals surface area contributed by atoms with Gasteiger partial charge in [-0.25, -0.2) is 4.99 Å². The minimum atomic E-state index is 0.448. The molecule has 0 amide bonds. The zero-order chi connectivity index (χ0) is 19.5. The standard InChI is InChI=1S/C23H22BrN3S/c24-18-5-3-4-15(10-18)14-26-20-11-16-8-9-19(12-17(16)13-20)27-23(25)21-6-1-2-7-22(21)28/h1-10,12,20,26,28H,11,13-14H2,(H2,25,27). The van der Waals surface area contributed by atoms with Gasteiger partial charge in [-0.1, -0.05) is 52.3 Å². The van der Waals surface area contributed by atoms with E-state index in [1.165, 1.54) is 16.7 Å². The molecule has 3 N–H and O–H groups in total. The Hall–Kier alpha value is -2.08. The minimum absolute atomic E-state index is 0.448. The summed E-state index contributed by atoms with van der Waals surface area (Å²) in [5, 5.41) is 3.67. The van der Waals surface area contributed by atoms with Gasteiger partial charge >= 0.3 is 0 Å². The van der Waals surface area contributed by atoms with E-state index in [4.69, 9.17) is 5.73 Å². The fourth-order valence-electron chi connectivity index (χ4n) is 3.62. The summed E-state index contributed by atoms with van der Waals surface area (Å²) in [7, 11) is 0. The summed E-state index contributed by atoms with van der Waals surface area (Å²) in [4.78, 5) is 5.45. The first-order valence-corrected chi connectivity index (χ1v) is 10.5. The molecule has 5 heteroatoms. The number of halogens is 1. The molecule has 4 rings (SSSR count). The SMILES string of the molecule is NC(=Nc1ccc2c(c1)CC(NCc1cccc(Br)c1)C2)c1ccccc1S. The second kappa shape index (κ2) is 8.52. The lowest BCUT2D eigenvalue weighted by molar-refractivity contribution is 0.533. The fourth-order valence-corrected chi connectivity index (χ4v) is 4.34. The molecule has 0 heterocycles. The van der Waals surface area contributed by atoms with E-state index in [0.717, 1.165) is 40.0 Å². The number of nitrogens with two attached hydrogens (primary N) is 1. The lowest BCUT2D eigenvalue weighted by Crippen LogP contribution is -2.28. The van der Waals surface area contributed by atoms with Gasteiger partial charge in [-0.05, 0) is 59.9 Å². The maximum absolute atomic E-state index is 6.21. The molecule has 0 saturated heterocycles. The molecule has 0 spiro atoms. The van der Waals surface area contributed by atoms with Crippen molar-refractivity contribution in [1.29, 1.82) is 0 Å². The Morgan fingerprint density at radius 2 is 1.86 bits per heavy atom. The van der Waals surface area contributed by atoms with Crippen molar-refractivity contribution in [1.82, 2.24) is 5.32 Å². The summed E-state index contributed by atoms with van der Waals surface area (Å²) in [5.41, 5.74) is 12.0. The summed E-state index contributed by atoms with van der Waals surface area (Å²) in [6, 6.07) is 23.0. The fraction of sp³-hybridized carbons (Fsp3) is 0.174. The van der Waals surface area contributed by atoms with Crippen LogP contribution in [0.25, 0.3) is 0 Å². The van der Waals surface area contributed by atoms with Gasteiger partial charge < -0.3 is 11.1 Å². The third-order valence-corrected chi connectivity index (χ3v) is 5.92. The van der Waals surface area contributed by atoms with E-state index in [1.54, 1.807) is 0 Å². The van der Waals surface area contributed by atoms with Gasteiger partial charge in [0.2, 0.25) is 0 Å². The van der Waals surface area contributed by atoms with E-state index < -0.39 is 0 Å². The van der Waals surface area contributed by atoms with Gasteiger partial charge in [0.1, 0.15) is 5.84 Å². The Labute approximate surface area is 179 Å². The van der Waals surface area contributed by atoms with Crippen molar-refractivity contribution in [3.8, 4) is 0 Å². The molecule has 1 aliphatic rings. The zero-order valence-electron chi connectivity index (χ0n) is 15.4. The number of amidine groups is 1. The lowest BCUT2D eigenvalue weighted by Gasteiger charge is -2.12. The molecular formula is C23H22BrN3S. The van der Waals surface area contributed by atoms with E-state index in [1.807, 2.05) is 30.3 Å². The van der Waals surface area contributed by atoms with Crippen LogP contribution in [0.4, 0.5) is 5.69 Å². The summed E-state index contributed by atoms with van der Waals surface area (Å²) < 4.78 is 1.12. The smallest absolute Gasteiger partial charge is 0.132 e. The van der Waals surface area contributed by atoms with Crippen molar-refractivity contribution >= 4 is 40.1 Å². The predicted octanol–water partition coefficient (Wildman–Crippen LogP) is 5.03. The molecule has 0 aromatic heterocycles. The summed E-state index contributed by atoms with van der Waals surface area (Å²) in [5.74, 6) is 0.493. The van der Waals surface area contributed by atoms with Crippen LogP contribution in [0.3, 0.4) is 0 Å². The van der Waals surface area contributed by atoms with Crippen LogP contribution in [0.5, 0.6) is 0 Å². The molecule has 0 radical (unpaired) electrons.